The molecule has 0 bridgehead atoms. The minimum absolute atomic E-state index is 0.185. The number of ether oxygens (including phenoxy) is 1. The largest absolute Gasteiger partial charge is 0.497 e. The van der Waals surface area contributed by atoms with Crippen molar-refractivity contribution in [3.05, 3.63) is 58.7 Å². The zero-order chi connectivity index (χ0) is 15.7. The van der Waals surface area contributed by atoms with Crippen LogP contribution in [-0.2, 0) is 0 Å². The molecule has 112 valence electrons. The predicted molar refractivity (Wildman–Crippen MR) is 89.0 cm³/mol. The number of hydrogen-bond donors (Lipinski definition) is 2. The molecule has 0 aliphatic rings. The Morgan fingerprint density at radius 3 is 2.59 bits per heavy atom. The van der Waals surface area contributed by atoms with Crippen molar-refractivity contribution in [3.8, 4) is 5.75 Å². The van der Waals surface area contributed by atoms with Crippen molar-refractivity contribution in [2.75, 3.05) is 12.4 Å². The lowest BCUT2D eigenvalue weighted by molar-refractivity contribution is 0.102. The quantitative estimate of drug-likeness (QED) is 0.753. The van der Waals surface area contributed by atoms with Gasteiger partial charge in [-0.15, -0.1) is 0 Å². The number of aromatic nitrogens is 1. The maximum Gasteiger partial charge on any atom is 0.272 e. The average molecular weight is 315 g/mol. The number of anilines is 1. The zero-order valence-electron chi connectivity index (χ0n) is 12.2. The highest BCUT2D eigenvalue weighted by Crippen LogP contribution is 2.25. The lowest BCUT2D eigenvalue weighted by Crippen LogP contribution is -2.13. The van der Waals surface area contributed by atoms with Gasteiger partial charge in [0.2, 0.25) is 0 Å². The molecule has 2 N–H and O–H groups in total. The molecule has 0 aliphatic heterocycles. The van der Waals surface area contributed by atoms with Crippen LogP contribution in [0, 0.1) is 6.92 Å². The van der Waals surface area contributed by atoms with E-state index >= 15 is 0 Å². The monoisotopic (exact) mass is 314 g/mol. The van der Waals surface area contributed by atoms with E-state index in [2.05, 4.69) is 10.3 Å². The molecule has 2 aromatic carbocycles. The molecule has 0 radical (unpaired) electrons. The van der Waals surface area contributed by atoms with E-state index in [1.807, 2.05) is 19.1 Å². The van der Waals surface area contributed by atoms with Crippen molar-refractivity contribution >= 4 is 34.1 Å². The summed E-state index contributed by atoms with van der Waals surface area (Å²) in [5.74, 6) is 0.560. The van der Waals surface area contributed by atoms with E-state index in [4.69, 9.17) is 16.3 Å². The Morgan fingerprint density at radius 1 is 1.18 bits per heavy atom. The topological polar surface area (TPSA) is 54.1 Å². The molecule has 3 aromatic rings. The Kier molecular flexibility index (Phi) is 3.77. The van der Waals surface area contributed by atoms with Crippen LogP contribution in [0.2, 0.25) is 5.02 Å². The van der Waals surface area contributed by atoms with Crippen LogP contribution >= 0.6 is 11.6 Å². The van der Waals surface area contributed by atoms with Gasteiger partial charge in [-0.05, 0) is 55.0 Å². The van der Waals surface area contributed by atoms with Crippen LogP contribution < -0.4 is 10.1 Å². The van der Waals surface area contributed by atoms with Gasteiger partial charge in [-0.25, -0.2) is 0 Å². The number of amides is 1. The van der Waals surface area contributed by atoms with Crippen molar-refractivity contribution in [3.63, 3.8) is 0 Å². The zero-order valence-corrected chi connectivity index (χ0v) is 13.0. The Bertz CT molecular complexity index is 838. The smallest absolute Gasteiger partial charge is 0.272 e. The number of benzene rings is 2. The number of aryl methyl sites for hydroxylation is 1. The number of H-pyrrole nitrogens is 1. The van der Waals surface area contributed by atoms with Gasteiger partial charge in [0, 0.05) is 21.6 Å². The van der Waals surface area contributed by atoms with Crippen molar-refractivity contribution in [1.82, 2.24) is 4.98 Å². The summed E-state index contributed by atoms with van der Waals surface area (Å²) < 4.78 is 5.10. The highest BCUT2D eigenvalue weighted by molar-refractivity contribution is 6.31. The summed E-state index contributed by atoms with van der Waals surface area (Å²) in [6.45, 7) is 1.90. The normalized spacial score (nSPS) is 10.7. The molecular formula is C17H15ClN2O2. The van der Waals surface area contributed by atoms with E-state index in [1.54, 1.807) is 37.4 Å². The third-order valence-corrected chi connectivity index (χ3v) is 3.83. The van der Waals surface area contributed by atoms with Crippen LogP contribution in [0.15, 0.2) is 42.5 Å². The summed E-state index contributed by atoms with van der Waals surface area (Å²) in [5.41, 5.74) is 3.01. The molecule has 1 aromatic heterocycles. The number of fused-ring (bicyclic) bond motifs is 1. The Balaban J connectivity index is 1.89. The second kappa shape index (κ2) is 5.73. The average Bonchev–Trinajstić information content (AvgIpc) is 2.85. The minimum Gasteiger partial charge on any atom is -0.497 e. The minimum atomic E-state index is -0.185. The number of carbonyl (C=O) groups is 1. The van der Waals surface area contributed by atoms with Gasteiger partial charge in [-0.3, -0.25) is 4.79 Å². The SMILES string of the molecule is COc1ccc(NC(=O)c2[nH]c3ccc(Cl)cc3c2C)cc1. The van der Waals surface area contributed by atoms with E-state index in [1.165, 1.54) is 0 Å². The fraction of sp³-hybridized carbons (Fsp3) is 0.118. The first-order valence-electron chi connectivity index (χ1n) is 6.81. The third kappa shape index (κ3) is 2.65. The second-order valence-electron chi connectivity index (χ2n) is 5.00. The van der Waals surface area contributed by atoms with E-state index in [0.29, 0.717) is 16.4 Å². The van der Waals surface area contributed by atoms with Gasteiger partial charge in [0.15, 0.2) is 0 Å². The second-order valence-corrected chi connectivity index (χ2v) is 5.43. The van der Waals surface area contributed by atoms with Crippen LogP contribution in [0.5, 0.6) is 5.75 Å². The Labute approximate surface area is 133 Å². The predicted octanol–water partition coefficient (Wildman–Crippen LogP) is 4.39. The first-order chi connectivity index (χ1) is 10.6. The molecule has 0 saturated carbocycles. The molecule has 1 heterocycles. The first kappa shape index (κ1) is 14.5. The van der Waals surface area contributed by atoms with E-state index in [-0.39, 0.29) is 5.91 Å². The number of aromatic amines is 1. The number of hydrogen-bond acceptors (Lipinski definition) is 2. The lowest BCUT2D eigenvalue weighted by Gasteiger charge is -2.06. The van der Waals surface area contributed by atoms with Crippen LogP contribution in [-0.4, -0.2) is 18.0 Å². The highest BCUT2D eigenvalue weighted by Gasteiger charge is 2.15. The summed E-state index contributed by atoms with van der Waals surface area (Å²) in [6, 6.07) is 12.7. The molecular weight excluding hydrogens is 300 g/mol. The number of rotatable bonds is 3. The van der Waals surface area contributed by atoms with Crippen LogP contribution in [0.4, 0.5) is 5.69 Å². The third-order valence-electron chi connectivity index (χ3n) is 3.60. The molecule has 4 nitrogen and oxygen atoms in total. The van der Waals surface area contributed by atoms with Gasteiger partial charge < -0.3 is 15.0 Å². The van der Waals surface area contributed by atoms with Gasteiger partial charge in [-0.2, -0.15) is 0 Å². The molecule has 0 aliphatic carbocycles. The lowest BCUT2D eigenvalue weighted by atomic mass is 10.1. The van der Waals surface area contributed by atoms with Gasteiger partial charge >= 0.3 is 0 Å². The van der Waals surface area contributed by atoms with Gasteiger partial charge in [0.25, 0.3) is 5.91 Å². The first-order valence-corrected chi connectivity index (χ1v) is 7.19. The molecule has 22 heavy (non-hydrogen) atoms. The van der Waals surface area contributed by atoms with Gasteiger partial charge in [0.05, 0.1) is 7.11 Å². The molecule has 0 saturated heterocycles. The maximum absolute atomic E-state index is 12.4. The van der Waals surface area contributed by atoms with Gasteiger partial charge in [0.1, 0.15) is 11.4 Å². The number of nitrogens with one attached hydrogen (secondary N) is 2. The molecule has 0 atom stereocenters. The van der Waals surface area contributed by atoms with Crippen molar-refractivity contribution < 1.29 is 9.53 Å². The van der Waals surface area contributed by atoms with E-state index in [9.17, 15) is 4.79 Å². The highest BCUT2D eigenvalue weighted by atomic mass is 35.5. The van der Waals surface area contributed by atoms with Crippen LogP contribution in [0.1, 0.15) is 16.1 Å². The number of halogens is 1. The fourth-order valence-electron chi connectivity index (χ4n) is 2.39. The summed E-state index contributed by atoms with van der Waals surface area (Å²) in [4.78, 5) is 15.6. The molecule has 0 fully saturated rings. The van der Waals surface area contributed by atoms with Crippen molar-refractivity contribution in [1.29, 1.82) is 0 Å². The van der Waals surface area contributed by atoms with Crippen LogP contribution in [0.3, 0.4) is 0 Å². The van der Waals surface area contributed by atoms with Crippen molar-refractivity contribution in [2.24, 2.45) is 0 Å². The standard InChI is InChI=1S/C17H15ClN2O2/c1-10-14-9-11(18)3-8-15(14)20-16(10)17(21)19-12-4-6-13(22-2)7-5-12/h3-9,20H,1-2H3,(H,19,21). The Morgan fingerprint density at radius 2 is 1.91 bits per heavy atom. The fourth-order valence-corrected chi connectivity index (χ4v) is 2.57. The number of methoxy groups -OCH3 is 1. The Hall–Kier alpha value is -2.46. The molecule has 0 spiro atoms. The summed E-state index contributed by atoms with van der Waals surface area (Å²) >= 11 is 6.01. The van der Waals surface area contributed by atoms with Gasteiger partial charge in [-0.1, -0.05) is 11.6 Å². The molecule has 5 heteroatoms. The van der Waals surface area contributed by atoms with E-state index < -0.39 is 0 Å². The number of carbonyl (C=O) groups excluding carboxylic acids is 1. The summed E-state index contributed by atoms with van der Waals surface area (Å²) in [6.07, 6.45) is 0. The van der Waals surface area contributed by atoms with Crippen LogP contribution in [0.25, 0.3) is 10.9 Å². The summed E-state index contributed by atoms with van der Waals surface area (Å²) in [5, 5.41) is 4.47. The van der Waals surface area contributed by atoms with E-state index in [0.717, 1.165) is 22.2 Å². The molecule has 1 amide bonds. The van der Waals surface area contributed by atoms with Crippen molar-refractivity contribution in [2.45, 2.75) is 6.92 Å². The maximum atomic E-state index is 12.4. The summed E-state index contributed by atoms with van der Waals surface area (Å²) in [7, 11) is 1.60. The molecule has 3 rings (SSSR count). The molecule has 0 unspecified atom stereocenters.